The van der Waals surface area contributed by atoms with E-state index in [2.05, 4.69) is 5.32 Å². The number of halogens is 1. The zero-order valence-corrected chi connectivity index (χ0v) is 16.6. The zero-order valence-electron chi connectivity index (χ0n) is 15.8. The first kappa shape index (κ1) is 21.1. The summed E-state index contributed by atoms with van der Waals surface area (Å²) in [5.41, 5.74) is 0.641. The molecule has 7 heteroatoms. The molecule has 1 amide bonds. The van der Waals surface area contributed by atoms with E-state index >= 15 is 0 Å². The lowest BCUT2D eigenvalue weighted by molar-refractivity contribution is -0.121. The first-order chi connectivity index (χ1) is 12.6. The second-order valence-corrected chi connectivity index (χ2v) is 9.49. The maximum absolute atomic E-state index is 13.2. The van der Waals surface area contributed by atoms with Crippen LogP contribution in [0.2, 0.25) is 0 Å². The van der Waals surface area contributed by atoms with E-state index in [-0.39, 0.29) is 29.3 Å². The molecule has 0 bridgehead atoms. The minimum atomic E-state index is -3.96. The number of carbonyl (C=O) groups excluding carboxylic acids is 1. The average Bonchev–Trinajstić information content (AvgIpc) is 2.60. The molecule has 0 heterocycles. The van der Waals surface area contributed by atoms with Crippen LogP contribution in [0, 0.1) is 11.2 Å². The number of hydrogen-bond donors (Lipinski definition) is 1. The predicted molar refractivity (Wildman–Crippen MR) is 103 cm³/mol. The topological polar surface area (TPSA) is 66.5 Å². The molecule has 2 aromatic rings. The summed E-state index contributed by atoms with van der Waals surface area (Å²) in [4.78, 5) is 12.3. The van der Waals surface area contributed by atoms with Crippen molar-refractivity contribution >= 4 is 15.9 Å². The first-order valence-corrected chi connectivity index (χ1v) is 10.1. The smallest absolute Gasteiger partial charge is 0.243 e. The Hall–Kier alpha value is -2.25. The molecular weight excluding hydrogens is 367 g/mol. The van der Waals surface area contributed by atoms with Crippen molar-refractivity contribution < 1.29 is 17.6 Å². The van der Waals surface area contributed by atoms with Crippen molar-refractivity contribution in [2.45, 2.75) is 32.2 Å². The lowest BCUT2D eigenvalue weighted by Gasteiger charge is -2.24. The molecule has 0 radical (unpaired) electrons. The third-order valence-corrected chi connectivity index (χ3v) is 5.59. The van der Waals surface area contributed by atoms with Crippen LogP contribution >= 0.6 is 0 Å². The Balaban J connectivity index is 2.26. The van der Waals surface area contributed by atoms with Crippen LogP contribution in [0.15, 0.2) is 59.5 Å². The maximum atomic E-state index is 13.2. The summed E-state index contributed by atoms with van der Waals surface area (Å²) in [6, 6.07) is 13.6. The van der Waals surface area contributed by atoms with Crippen LogP contribution in [-0.2, 0) is 21.4 Å². The van der Waals surface area contributed by atoms with Crippen LogP contribution in [0.4, 0.5) is 4.39 Å². The van der Waals surface area contributed by atoms with E-state index in [1.54, 1.807) is 24.3 Å². The number of sulfonamides is 1. The van der Waals surface area contributed by atoms with Crippen LogP contribution in [0.5, 0.6) is 0 Å². The third kappa shape index (κ3) is 6.45. The van der Waals surface area contributed by atoms with Crippen molar-refractivity contribution in [1.29, 1.82) is 0 Å². The Morgan fingerprint density at radius 1 is 1.04 bits per heavy atom. The van der Waals surface area contributed by atoms with Gasteiger partial charge < -0.3 is 5.32 Å². The minimum absolute atomic E-state index is 0.0451. The molecule has 0 aliphatic heterocycles. The van der Waals surface area contributed by atoms with Gasteiger partial charge in [-0.15, -0.1) is 0 Å². The van der Waals surface area contributed by atoms with Crippen molar-refractivity contribution in [2.75, 3.05) is 13.1 Å². The van der Waals surface area contributed by atoms with Gasteiger partial charge in [-0.25, -0.2) is 12.8 Å². The van der Waals surface area contributed by atoms with E-state index in [0.29, 0.717) is 6.54 Å². The molecule has 146 valence electrons. The Bertz CT molecular complexity index is 860. The lowest BCUT2D eigenvalue weighted by Crippen LogP contribution is -2.42. The SMILES string of the molecule is CC(C)(C)CNC(=O)CN(Cc1ccccc1)S(=O)(=O)c1ccc(F)cc1. The Kier molecular flexibility index (Phi) is 6.73. The molecule has 0 aliphatic carbocycles. The molecule has 2 rings (SSSR count). The molecule has 0 spiro atoms. The summed E-state index contributed by atoms with van der Waals surface area (Å²) in [5.74, 6) is -0.905. The Labute approximate surface area is 160 Å². The van der Waals surface area contributed by atoms with Gasteiger partial charge in [0.25, 0.3) is 0 Å². The Morgan fingerprint density at radius 3 is 2.19 bits per heavy atom. The van der Waals surface area contributed by atoms with Gasteiger partial charge in [0, 0.05) is 13.1 Å². The van der Waals surface area contributed by atoms with Crippen LogP contribution in [0.25, 0.3) is 0 Å². The van der Waals surface area contributed by atoms with Crippen molar-refractivity contribution in [1.82, 2.24) is 9.62 Å². The summed E-state index contributed by atoms with van der Waals surface area (Å²) < 4.78 is 40.3. The van der Waals surface area contributed by atoms with Gasteiger partial charge in [-0.2, -0.15) is 4.31 Å². The average molecular weight is 392 g/mol. The van der Waals surface area contributed by atoms with Gasteiger partial charge in [-0.05, 0) is 35.2 Å². The molecule has 5 nitrogen and oxygen atoms in total. The molecule has 0 unspecified atom stereocenters. The molecule has 2 aromatic carbocycles. The van der Waals surface area contributed by atoms with Crippen LogP contribution in [0.1, 0.15) is 26.3 Å². The van der Waals surface area contributed by atoms with Gasteiger partial charge >= 0.3 is 0 Å². The van der Waals surface area contributed by atoms with Crippen LogP contribution < -0.4 is 5.32 Å². The molecule has 1 N–H and O–H groups in total. The first-order valence-electron chi connectivity index (χ1n) is 8.64. The molecule has 0 saturated carbocycles. The summed E-state index contributed by atoms with van der Waals surface area (Å²) in [7, 11) is -3.96. The number of hydrogen-bond acceptors (Lipinski definition) is 3. The lowest BCUT2D eigenvalue weighted by atomic mass is 9.97. The van der Waals surface area contributed by atoms with Gasteiger partial charge in [0.2, 0.25) is 15.9 Å². The van der Waals surface area contributed by atoms with Gasteiger partial charge in [0.15, 0.2) is 0 Å². The third-order valence-electron chi connectivity index (χ3n) is 3.79. The molecule has 0 aliphatic rings. The molecule has 0 atom stereocenters. The van der Waals surface area contributed by atoms with Gasteiger partial charge in [0.05, 0.1) is 11.4 Å². The second-order valence-electron chi connectivity index (χ2n) is 7.55. The maximum Gasteiger partial charge on any atom is 0.243 e. The molecule has 27 heavy (non-hydrogen) atoms. The van der Waals surface area contributed by atoms with Gasteiger partial charge in [-0.3, -0.25) is 4.79 Å². The monoisotopic (exact) mass is 392 g/mol. The van der Waals surface area contributed by atoms with E-state index in [1.807, 2.05) is 26.8 Å². The van der Waals surface area contributed by atoms with Crippen LogP contribution in [0.3, 0.4) is 0 Å². The zero-order chi connectivity index (χ0) is 20.1. The summed E-state index contributed by atoms with van der Waals surface area (Å²) in [6.07, 6.45) is 0. The molecular formula is C20H25FN2O3S. The van der Waals surface area contributed by atoms with E-state index in [1.165, 1.54) is 12.1 Å². The summed E-state index contributed by atoms with van der Waals surface area (Å²) in [6.45, 7) is 6.09. The highest BCUT2D eigenvalue weighted by Gasteiger charge is 2.27. The highest BCUT2D eigenvalue weighted by molar-refractivity contribution is 7.89. The largest absolute Gasteiger partial charge is 0.354 e. The number of carbonyl (C=O) groups is 1. The van der Waals surface area contributed by atoms with Crippen molar-refractivity contribution in [2.24, 2.45) is 5.41 Å². The highest BCUT2D eigenvalue weighted by Crippen LogP contribution is 2.19. The predicted octanol–water partition coefficient (Wildman–Crippen LogP) is 3.18. The number of nitrogens with zero attached hydrogens (tertiary/aromatic N) is 1. The number of amides is 1. The fourth-order valence-electron chi connectivity index (χ4n) is 2.35. The summed E-state index contributed by atoms with van der Waals surface area (Å²) in [5, 5.41) is 2.77. The standard InChI is InChI=1S/C20H25FN2O3S/c1-20(2,3)15-22-19(24)14-23(13-16-7-5-4-6-8-16)27(25,26)18-11-9-17(21)10-12-18/h4-12H,13-15H2,1-3H3,(H,22,24). The highest BCUT2D eigenvalue weighted by atomic mass is 32.2. The van der Waals surface area contributed by atoms with Crippen molar-refractivity contribution in [3.63, 3.8) is 0 Å². The van der Waals surface area contributed by atoms with Crippen LogP contribution in [-0.4, -0.2) is 31.7 Å². The fourth-order valence-corrected chi connectivity index (χ4v) is 3.73. The quantitative estimate of drug-likeness (QED) is 0.787. The molecule has 0 aromatic heterocycles. The number of benzene rings is 2. The van der Waals surface area contributed by atoms with E-state index in [9.17, 15) is 17.6 Å². The number of nitrogens with one attached hydrogen (secondary N) is 1. The van der Waals surface area contributed by atoms with Gasteiger partial charge in [0.1, 0.15) is 5.82 Å². The molecule has 0 fully saturated rings. The van der Waals surface area contributed by atoms with Crippen molar-refractivity contribution in [3.05, 3.63) is 66.0 Å². The van der Waals surface area contributed by atoms with Crippen molar-refractivity contribution in [3.8, 4) is 0 Å². The minimum Gasteiger partial charge on any atom is -0.354 e. The van der Waals surface area contributed by atoms with E-state index in [4.69, 9.17) is 0 Å². The van der Waals surface area contributed by atoms with E-state index < -0.39 is 15.8 Å². The van der Waals surface area contributed by atoms with E-state index in [0.717, 1.165) is 22.0 Å². The normalized spacial score (nSPS) is 12.2. The molecule has 0 saturated heterocycles. The summed E-state index contributed by atoms with van der Waals surface area (Å²) >= 11 is 0. The number of rotatable bonds is 7. The second kappa shape index (κ2) is 8.63. The fraction of sp³-hybridized carbons (Fsp3) is 0.350. The van der Waals surface area contributed by atoms with Gasteiger partial charge in [-0.1, -0.05) is 51.1 Å². The Morgan fingerprint density at radius 2 is 1.63 bits per heavy atom.